The van der Waals surface area contributed by atoms with E-state index in [4.69, 9.17) is 0 Å². The van der Waals surface area contributed by atoms with Crippen LogP contribution in [-0.2, 0) is 11.3 Å². The van der Waals surface area contributed by atoms with Gasteiger partial charge in [-0.1, -0.05) is 30.0 Å². The van der Waals surface area contributed by atoms with Gasteiger partial charge in [0.15, 0.2) is 0 Å². The highest BCUT2D eigenvalue weighted by Gasteiger charge is 2.15. The molecule has 2 aromatic heterocycles. The molecule has 0 bridgehead atoms. The van der Waals surface area contributed by atoms with Crippen molar-refractivity contribution < 1.29 is 9.18 Å². The molecule has 0 spiro atoms. The van der Waals surface area contributed by atoms with E-state index in [2.05, 4.69) is 15.1 Å². The number of fused-ring (bicyclic) bond motifs is 1. The number of hydrogen-bond acceptors (Lipinski definition) is 5. The molecule has 0 aliphatic heterocycles. The largest absolute Gasteiger partial charge is 0.341 e. The fourth-order valence-corrected chi connectivity index (χ4v) is 3.26. The third-order valence-electron chi connectivity index (χ3n) is 4.36. The topological polar surface area (TPSA) is 63.4 Å². The Morgan fingerprint density at radius 1 is 1.23 bits per heavy atom. The summed E-state index contributed by atoms with van der Waals surface area (Å²) in [5.41, 5.74) is 3.46. The third kappa shape index (κ3) is 3.70. The summed E-state index contributed by atoms with van der Waals surface area (Å²) in [5, 5.41) is 4.92. The van der Waals surface area contributed by atoms with E-state index in [1.807, 2.05) is 20.8 Å². The molecule has 0 unspecified atom stereocenters. The molecular weight excluding hydrogens is 353 g/mol. The normalized spacial score (nSPS) is 11.1. The van der Waals surface area contributed by atoms with E-state index >= 15 is 0 Å². The highest BCUT2D eigenvalue weighted by molar-refractivity contribution is 7.99. The smallest absolute Gasteiger partial charge is 0.253 e. The van der Waals surface area contributed by atoms with Crippen molar-refractivity contribution in [2.75, 3.05) is 12.8 Å². The number of aryl methyl sites for hydroxylation is 2. The van der Waals surface area contributed by atoms with Crippen molar-refractivity contribution in [3.63, 3.8) is 0 Å². The number of carbonyl (C=O) groups excluding carboxylic acids is 1. The van der Waals surface area contributed by atoms with E-state index in [0.29, 0.717) is 16.5 Å². The van der Waals surface area contributed by atoms with Crippen LogP contribution in [0.1, 0.15) is 22.5 Å². The Morgan fingerprint density at radius 3 is 2.69 bits per heavy atom. The van der Waals surface area contributed by atoms with E-state index in [9.17, 15) is 9.18 Å². The zero-order chi connectivity index (χ0) is 18.8. The molecule has 1 aromatic carbocycles. The predicted octanol–water partition coefficient (Wildman–Crippen LogP) is 2.94. The van der Waals surface area contributed by atoms with Gasteiger partial charge in [-0.2, -0.15) is 4.98 Å². The summed E-state index contributed by atoms with van der Waals surface area (Å²) in [5.74, 6) is 0.280. The Balaban J connectivity index is 1.67. The molecule has 8 heteroatoms. The number of rotatable bonds is 5. The first-order valence-electron chi connectivity index (χ1n) is 8.17. The number of nitrogens with zero attached hydrogens (tertiary/aromatic N) is 5. The van der Waals surface area contributed by atoms with Gasteiger partial charge in [0.05, 0.1) is 5.75 Å². The lowest BCUT2D eigenvalue weighted by atomic mass is 10.2. The van der Waals surface area contributed by atoms with Crippen LogP contribution in [0.3, 0.4) is 0 Å². The van der Waals surface area contributed by atoms with Gasteiger partial charge in [-0.05, 0) is 32.4 Å². The minimum absolute atomic E-state index is 0.117. The number of thioether (sulfide) groups is 1. The van der Waals surface area contributed by atoms with Gasteiger partial charge in [0.2, 0.25) is 11.1 Å². The minimum atomic E-state index is -0.311. The van der Waals surface area contributed by atoms with Crippen molar-refractivity contribution in [3.8, 4) is 0 Å². The molecule has 136 valence electrons. The molecular formula is C18H20FN5OS. The standard InChI is InChI=1S/C18H20FN5OS/c1-11-12(2)20-17-21-18(22-24(17)13(11)3)26-10-16(25)23(4)9-14-7-5-6-8-15(14)19/h5-8H,9-10H2,1-4H3. The van der Waals surface area contributed by atoms with Crippen LogP contribution in [0, 0.1) is 26.6 Å². The number of hydrogen-bond donors (Lipinski definition) is 0. The number of amides is 1. The van der Waals surface area contributed by atoms with Crippen LogP contribution in [0.4, 0.5) is 4.39 Å². The molecule has 0 radical (unpaired) electrons. The Kier molecular flexibility index (Phi) is 5.22. The van der Waals surface area contributed by atoms with Crippen molar-refractivity contribution in [1.82, 2.24) is 24.5 Å². The molecule has 0 saturated carbocycles. The molecule has 3 rings (SSSR count). The van der Waals surface area contributed by atoms with Gasteiger partial charge in [0, 0.05) is 30.5 Å². The Hall–Kier alpha value is -2.48. The van der Waals surface area contributed by atoms with Gasteiger partial charge in [-0.3, -0.25) is 4.79 Å². The highest BCUT2D eigenvalue weighted by Crippen LogP contribution is 2.18. The van der Waals surface area contributed by atoms with Crippen molar-refractivity contribution in [3.05, 3.63) is 52.6 Å². The Morgan fingerprint density at radius 2 is 1.96 bits per heavy atom. The average molecular weight is 373 g/mol. The Bertz CT molecular complexity index is 972. The number of halogens is 1. The molecule has 0 atom stereocenters. The number of carbonyl (C=O) groups is 1. The van der Waals surface area contributed by atoms with Crippen molar-refractivity contribution in [2.45, 2.75) is 32.5 Å². The van der Waals surface area contributed by atoms with E-state index in [1.54, 1.807) is 29.8 Å². The van der Waals surface area contributed by atoms with E-state index in [0.717, 1.165) is 17.0 Å². The average Bonchev–Trinajstić information content (AvgIpc) is 3.02. The third-order valence-corrected chi connectivity index (χ3v) is 5.18. The maximum Gasteiger partial charge on any atom is 0.253 e. The minimum Gasteiger partial charge on any atom is -0.341 e. The first-order chi connectivity index (χ1) is 12.4. The zero-order valence-electron chi connectivity index (χ0n) is 15.2. The summed E-state index contributed by atoms with van der Waals surface area (Å²) < 4.78 is 15.4. The van der Waals surface area contributed by atoms with Crippen LogP contribution in [0.25, 0.3) is 5.78 Å². The summed E-state index contributed by atoms with van der Waals surface area (Å²) in [4.78, 5) is 22.6. The van der Waals surface area contributed by atoms with Crippen LogP contribution in [0.2, 0.25) is 0 Å². The highest BCUT2D eigenvalue weighted by atomic mass is 32.2. The number of aromatic nitrogens is 4. The van der Waals surface area contributed by atoms with Gasteiger partial charge in [0.1, 0.15) is 5.82 Å². The maximum atomic E-state index is 13.7. The molecule has 2 heterocycles. The fraction of sp³-hybridized carbons (Fsp3) is 0.333. The monoisotopic (exact) mass is 373 g/mol. The Labute approximate surface area is 155 Å². The lowest BCUT2D eigenvalue weighted by Gasteiger charge is -2.17. The second-order valence-electron chi connectivity index (χ2n) is 6.14. The predicted molar refractivity (Wildman–Crippen MR) is 98.6 cm³/mol. The van der Waals surface area contributed by atoms with Gasteiger partial charge in [0.25, 0.3) is 5.78 Å². The quantitative estimate of drug-likeness (QED) is 0.644. The van der Waals surface area contributed by atoms with Crippen molar-refractivity contribution in [1.29, 1.82) is 0 Å². The van der Waals surface area contributed by atoms with Crippen LogP contribution in [0.15, 0.2) is 29.4 Å². The zero-order valence-corrected chi connectivity index (χ0v) is 16.0. The van der Waals surface area contributed by atoms with Crippen LogP contribution in [-0.4, -0.2) is 43.2 Å². The first-order valence-corrected chi connectivity index (χ1v) is 9.16. The molecule has 3 aromatic rings. The van der Waals surface area contributed by atoms with Gasteiger partial charge < -0.3 is 4.90 Å². The molecule has 0 aliphatic carbocycles. The lowest BCUT2D eigenvalue weighted by molar-refractivity contribution is -0.127. The summed E-state index contributed by atoms with van der Waals surface area (Å²) in [6, 6.07) is 6.45. The van der Waals surface area contributed by atoms with Gasteiger partial charge >= 0.3 is 0 Å². The first kappa shape index (κ1) is 18.3. The van der Waals surface area contributed by atoms with Crippen LogP contribution >= 0.6 is 11.8 Å². The molecule has 6 nitrogen and oxygen atoms in total. The maximum absolute atomic E-state index is 13.7. The van der Waals surface area contributed by atoms with Crippen LogP contribution in [0.5, 0.6) is 0 Å². The molecule has 1 amide bonds. The summed E-state index contributed by atoms with van der Waals surface area (Å²) in [7, 11) is 1.66. The van der Waals surface area contributed by atoms with Gasteiger partial charge in [-0.25, -0.2) is 13.9 Å². The molecule has 0 fully saturated rings. The molecule has 0 N–H and O–H groups in total. The lowest BCUT2D eigenvalue weighted by Crippen LogP contribution is -2.28. The van der Waals surface area contributed by atoms with E-state index in [1.165, 1.54) is 22.7 Å². The summed E-state index contributed by atoms with van der Waals surface area (Å²) >= 11 is 1.25. The van der Waals surface area contributed by atoms with Crippen molar-refractivity contribution >= 4 is 23.4 Å². The SMILES string of the molecule is Cc1nc2nc(SCC(=O)N(C)Cc3ccccc3F)nn2c(C)c1C. The fourth-order valence-electron chi connectivity index (χ4n) is 2.51. The molecule has 26 heavy (non-hydrogen) atoms. The molecule has 0 aliphatic rings. The second-order valence-corrected chi connectivity index (χ2v) is 7.09. The second kappa shape index (κ2) is 7.41. The van der Waals surface area contributed by atoms with Crippen molar-refractivity contribution in [2.24, 2.45) is 0 Å². The van der Waals surface area contributed by atoms with Gasteiger partial charge in [-0.15, -0.1) is 5.10 Å². The molecule has 0 saturated heterocycles. The van der Waals surface area contributed by atoms with Crippen LogP contribution < -0.4 is 0 Å². The summed E-state index contributed by atoms with van der Waals surface area (Å²) in [6.45, 7) is 6.12. The summed E-state index contributed by atoms with van der Waals surface area (Å²) in [6.07, 6.45) is 0. The number of benzene rings is 1. The van der Waals surface area contributed by atoms with E-state index in [-0.39, 0.29) is 24.0 Å². The van der Waals surface area contributed by atoms with E-state index < -0.39 is 0 Å².